The van der Waals surface area contributed by atoms with Crippen LogP contribution in [0.4, 0.5) is 10.1 Å². The molecule has 34 heavy (non-hydrogen) atoms. The molecular weight excluding hydrogens is 435 g/mol. The maximum absolute atomic E-state index is 14.2. The van der Waals surface area contributed by atoms with Gasteiger partial charge in [-0.25, -0.2) is 4.39 Å². The van der Waals surface area contributed by atoms with Crippen molar-refractivity contribution in [3.63, 3.8) is 0 Å². The van der Waals surface area contributed by atoms with Crippen molar-refractivity contribution in [1.29, 1.82) is 0 Å². The second-order valence-corrected chi connectivity index (χ2v) is 9.69. The average molecular weight is 469 g/mol. The summed E-state index contributed by atoms with van der Waals surface area (Å²) in [5.41, 5.74) is 0.0129. The molecular formula is C26H33FN4O3. The first-order chi connectivity index (χ1) is 16.3. The summed E-state index contributed by atoms with van der Waals surface area (Å²) < 4.78 is 15.9. The largest absolute Gasteiger partial charge is 0.366 e. The number of halogens is 1. The van der Waals surface area contributed by atoms with Crippen molar-refractivity contribution in [3.8, 4) is 0 Å². The molecule has 8 heteroatoms. The van der Waals surface area contributed by atoms with Gasteiger partial charge in [0.2, 0.25) is 5.43 Å². The van der Waals surface area contributed by atoms with Crippen LogP contribution in [0.3, 0.4) is 0 Å². The molecule has 2 fully saturated rings. The predicted molar refractivity (Wildman–Crippen MR) is 130 cm³/mol. The number of nitrogens with zero attached hydrogens (tertiary/aromatic N) is 3. The van der Waals surface area contributed by atoms with Crippen molar-refractivity contribution < 1.29 is 14.0 Å². The number of anilines is 1. The van der Waals surface area contributed by atoms with Gasteiger partial charge >= 0.3 is 0 Å². The number of hydrogen-bond donors (Lipinski definition) is 1. The third-order valence-corrected chi connectivity index (χ3v) is 6.58. The highest BCUT2D eigenvalue weighted by Crippen LogP contribution is 2.21. The highest BCUT2D eigenvalue weighted by molar-refractivity contribution is 5.99. The minimum atomic E-state index is -0.531. The zero-order chi connectivity index (χ0) is 24.2. The van der Waals surface area contributed by atoms with Crippen LogP contribution in [0.15, 0.2) is 41.5 Å². The number of rotatable bonds is 6. The highest BCUT2D eigenvalue weighted by atomic mass is 19.1. The Kier molecular flexibility index (Phi) is 7.34. The summed E-state index contributed by atoms with van der Waals surface area (Å²) in [6.45, 7) is 6.35. The topological polar surface area (TPSA) is 74.6 Å². The molecule has 1 saturated carbocycles. The second kappa shape index (κ2) is 10.4. The molecule has 4 rings (SSSR count). The van der Waals surface area contributed by atoms with Crippen molar-refractivity contribution in [2.24, 2.45) is 5.92 Å². The van der Waals surface area contributed by atoms with E-state index in [1.54, 1.807) is 40.1 Å². The van der Waals surface area contributed by atoms with Crippen molar-refractivity contribution in [1.82, 2.24) is 14.8 Å². The van der Waals surface area contributed by atoms with Crippen LogP contribution < -0.4 is 15.6 Å². The number of amides is 2. The SMILES string of the molecule is CC(C)Cn1cc(C(=O)NC2CCCC2)c(=O)c(C(=O)N2CCN(c3ccccc3F)CC2)c1. The van der Waals surface area contributed by atoms with Crippen LogP contribution in [0.2, 0.25) is 0 Å². The van der Waals surface area contributed by atoms with Crippen LogP contribution in [-0.4, -0.2) is 53.5 Å². The van der Waals surface area contributed by atoms with E-state index in [0.29, 0.717) is 38.4 Å². The van der Waals surface area contributed by atoms with Gasteiger partial charge in [-0.3, -0.25) is 14.4 Å². The lowest BCUT2D eigenvalue weighted by atomic mass is 10.1. The minimum absolute atomic E-state index is 0.0130. The Morgan fingerprint density at radius 2 is 1.68 bits per heavy atom. The van der Waals surface area contributed by atoms with Crippen molar-refractivity contribution in [2.45, 2.75) is 52.1 Å². The normalized spacial score (nSPS) is 16.8. The van der Waals surface area contributed by atoms with Gasteiger partial charge in [-0.05, 0) is 30.9 Å². The first-order valence-electron chi connectivity index (χ1n) is 12.2. The van der Waals surface area contributed by atoms with Gasteiger partial charge in [0, 0.05) is 51.2 Å². The third kappa shape index (κ3) is 5.32. The number of nitrogens with one attached hydrogen (secondary N) is 1. The van der Waals surface area contributed by atoms with Crippen molar-refractivity contribution in [3.05, 3.63) is 63.8 Å². The van der Waals surface area contributed by atoms with Gasteiger partial charge in [-0.1, -0.05) is 38.8 Å². The maximum atomic E-state index is 14.2. The fourth-order valence-electron chi connectivity index (χ4n) is 4.83. The first-order valence-corrected chi connectivity index (χ1v) is 12.2. The number of carbonyl (C=O) groups excluding carboxylic acids is 2. The van der Waals surface area contributed by atoms with Crippen LogP contribution in [0.1, 0.15) is 60.2 Å². The minimum Gasteiger partial charge on any atom is -0.366 e. The molecule has 0 radical (unpaired) electrons. The molecule has 1 aliphatic heterocycles. The third-order valence-electron chi connectivity index (χ3n) is 6.58. The molecule has 1 aliphatic carbocycles. The van der Waals surface area contributed by atoms with Gasteiger partial charge in [0.25, 0.3) is 11.8 Å². The van der Waals surface area contributed by atoms with Gasteiger partial charge in [-0.15, -0.1) is 0 Å². The molecule has 2 amide bonds. The van der Waals surface area contributed by atoms with E-state index in [-0.39, 0.29) is 34.8 Å². The summed E-state index contributed by atoms with van der Waals surface area (Å²) >= 11 is 0. The van der Waals surface area contributed by atoms with Crippen molar-refractivity contribution >= 4 is 17.5 Å². The Hall–Kier alpha value is -3.16. The first kappa shape index (κ1) is 24.0. The van der Waals surface area contributed by atoms with Gasteiger partial charge in [0.15, 0.2) is 0 Å². The highest BCUT2D eigenvalue weighted by Gasteiger charge is 2.28. The van der Waals surface area contributed by atoms with Crippen LogP contribution in [-0.2, 0) is 6.54 Å². The molecule has 0 unspecified atom stereocenters. The number of carbonyl (C=O) groups is 2. The lowest BCUT2D eigenvalue weighted by molar-refractivity contribution is 0.0744. The summed E-state index contributed by atoms with van der Waals surface area (Å²) in [5, 5.41) is 2.97. The average Bonchev–Trinajstić information content (AvgIpc) is 3.33. The predicted octanol–water partition coefficient (Wildman–Crippen LogP) is 3.28. The maximum Gasteiger partial charge on any atom is 0.259 e. The van der Waals surface area contributed by atoms with Gasteiger partial charge < -0.3 is 19.7 Å². The summed E-state index contributed by atoms with van der Waals surface area (Å²) in [6, 6.07) is 6.67. The molecule has 1 aromatic heterocycles. The van der Waals surface area contributed by atoms with Crippen LogP contribution in [0.5, 0.6) is 0 Å². The number of benzene rings is 1. The molecule has 0 spiro atoms. The molecule has 0 atom stereocenters. The lowest BCUT2D eigenvalue weighted by Crippen LogP contribution is -2.50. The summed E-state index contributed by atoms with van der Waals surface area (Å²) in [4.78, 5) is 43.1. The van der Waals surface area contributed by atoms with E-state index in [1.807, 2.05) is 18.7 Å². The Labute approximate surface area is 199 Å². The summed E-state index contributed by atoms with van der Waals surface area (Å²) in [6.07, 6.45) is 7.10. The lowest BCUT2D eigenvalue weighted by Gasteiger charge is -2.36. The standard InChI is InChI=1S/C26H33FN4O3/c1-18(2)15-29-16-20(25(33)28-19-7-3-4-8-19)24(32)21(17-29)26(34)31-13-11-30(12-14-31)23-10-6-5-9-22(23)27/h5-6,9-10,16-19H,3-4,7-8,11-15H2,1-2H3,(H,28,33). The van der Waals surface area contributed by atoms with Crippen molar-refractivity contribution in [2.75, 3.05) is 31.1 Å². The Bertz CT molecular complexity index is 1100. The molecule has 1 aromatic carbocycles. The van der Waals surface area contributed by atoms with E-state index in [2.05, 4.69) is 5.32 Å². The molecule has 1 N–H and O–H groups in total. The molecule has 182 valence electrons. The van der Waals surface area contributed by atoms with Gasteiger partial charge in [-0.2, -0.15) is 0 Å². The molecule has 2 heterocycles. The quantitative estimate of drug-likeness (QED) is 0.706. The van der Waals surface area contributed by atoms with E-state index in [4.69, 9.17) is 0 Å². The Morgan fingerprint density at radius 1 is 1.03 bits per heavy atom. The number of aromatic nitrogens is 1. The van der Waals surface area contributed by atoms with E-state index < -0.39 is 11.3 Å². The smallest absolute Gasteiger partial charge is 0.259 e. The van der Waals surface area contributed by atoms with E-state index in [9.17, 15) is 18.8 Å². The zero-order valence-corrected chi connectivity index (χ0v) is 19.9. The molecule has 0 bridgehead atoms. The monoisotopic (exact) mass is 468 g/mol. The second-order valence-electron chi connectivity index (χ2n) is 9.69. The van der Waals surface area contributed by atoms with Gasteiger partial charge in [0.1, 0.15) is 16.9 Å². The fraction of sp³-hybridized carbons (Fsp3) is 0.500. The number of piperazine rings is 1. The van der Waals surface area contributed by atoms with E-state index >= 15 is 0 Å². The molecule has 2 aromatic rings. The van der Waals surface area contributed by atoms with E-state index in [0.717, 1.165) is 25.7 Å². The Morgan fingerprint density at radius 3 is 2.32 bits per heavy atom. The van der Waals surface area contributed by atoms with Gasteiger partial charge in [0.05, 0.1) is 5.69 Å². The van der Waals surface area contributed by atoms with E-state index in [1.165, 1.54) is 6.07 Å². The Balaban J connectivity index is 1.55. The van der Waals surface area contributed by atoms with Crippen LogP contribution in [0, 0.1) is 11.7 Å². The van der Waals surface area contributed by atoms with Crippen LogP contribution in [0.25, 0.3) is 0 Å². The van der Waals surface area contributed by atoms with Crippen LogP contribution >= 0.6 is 0 Å². The number of pyridine rings is 1. The fourth-order valence-corrected chi connectivity index (χ4v) is 4.83. The number of para-hydroxylation sites is 1. The molecule has 2 aliphatic rings. The number of hydrogen-bond acceptors (Lipinski definition) is 4. The molecule has 1 saturated heterocycles. The summed E-state index contributed by atoms with van der Waals surface area (Å²) in [7, 11) is 0. The molecule has 7 nitrogen and oxygen atoms in total. The summed E-state index contributed by atoms with van der Waals surface area (Å²) in [5.74, 6) is -0.806. The zero-order valence-electron chi connectivity index (χ0n) is 19.9.